The molecule has 3 aliphatic heterocycles. The van der Waals surface area contributed by atoms with E-state index in [4.69, 9.17) is 9.47 Å². The molecular weight excluding hydrogens is 795 g/mol. The summed E-state index contributed by atoms with van der Waals surface area (Å²) in [6.45, 7) is 3.99. The molecule has 2 saturated heterocycles. The van der Waals surface area contributed by atoms with Crippen molar-refractivity contribution in [2.75, 3.05) is 20.6 Å². The molecule has 5 fully saturated rings. The van der Waals surface area contributed by atoms with Crippen LogP contribution in [-0.2, 0) is 32.0 Å². The third kappa shape index (κ3) is 6.63. The van der Waals surface area contributed by atoms with Crippen LogP contribution in [0.25, 0.3) is 16.7 Å². The molecule has 3 aromatic rings. The smallest absolute Gasteiger partial charge is 0.340 e. The van der Waals surface area contributed by atoms with Crippen molar-refractivity contribution in [1.82, 2.24) is 16.0 Å². The second-order valence-corrected chi connectivity index (χ2v) is 20.6. The number of hydrogen-bond acceptors (Lipinski definition) is 8. The van der Waals surface area contributed by atoms with E-state index in [-0.39, 0.29) is 46.8 Å². The molecule has 9 atom stereocenters. The number of nitrogens with one attached hydrogen (secondary N) is 3. The number of rotatable bonds is 10. The summed E-state index contributed by atoms with van der Waals surface area (Å²) in [5.41, 5.74) is 9.75. The van der Waals surface area contributed by atoms with E-state index in [0.29, 0.717) is 17.7 Å². The lowest BCUT2D eigenvalue weighted by Gasteiger charge is -2.56. The Morgan fingerprint density at radius 3 is 2.55 bits per heavy atom. The maximum absolute atomic E-state index is 15.0. The number of fused-ring (bicyclic) bond motifs is 2. The van der Waals surface area contributed by atoms with Crippen LogP contribution in [0, 0.1) is 46.3 Å². The zero-order valence-corrected chi connectivity index (χ0v) is 37.9. The zero-order chi connectivity index (χ0) is 43.7. The lowest BCUT2D eigenvalue weighted by molar-refractivity contribution is -0.135. The van der Waals surface area contributed by atoms with Crippen LogP contribution in [0.3, 0.4) is 0 Å². The number of ether oxygens (including phenoxy) is 2. The Labute approximate surface area is 379 Å². The van der Waals surface area contributed by atoms with Crippen molar-refractivity contribution in [1.29, 1.82) is 0 Å². The average Bonchev–Trinajstić information content (AvgIpc) is 4.00. The molecule has 334 valence electrons. The molecule has 4 N–H and O–H groups in total. The third-order valence-electron chi connectivity index (χ3n) is 17.7. The molecule has 64 heavy (non-hydrogen) atoms. The first-order valence-electron chi connectivity index (χ1n) is 24.6. The van der Waals surface area contributed by atoms with Gasteiger partial charge in [-0.05, 0) is 202 Å². The molecule has 1 spiro atoms. The Balaban J connectivity index is 1.07. The van der Waals surface area contributed by atoms with Crippen LogP contribution in [-0.4, -0.2) is 43.9 Å². The molecule has 12 rings (SSSR count). The van der Waals surface area contributed by atoms with Crippen LogP contribution >= 0.6 is 0 Å². The Kier molecular flexibility index (Phi) is 10.9. The third-order valence-corrected chi connectivity index (χ3v) is 17.7. The molecular formula is C56H65N3O5. The van der Waals surface area contributed by atoms with Gasteiger partial charge in [0.2, 0.25) is 0 Å². The van der Waals surface area contributed by atoms with Crippen molar-refractivity contribution in [2.24, 2.45) is 46.3 Å². The number of benzene rings is 3. The molecule has 6 aliphatic carbocycles. The van der Waals surface area contributed by atoms with Crippen molar-refractivity contribution in [3.05, 3.63) is 129 Å². The lowest BCUT2D eigenvalue weighted by atomic mass is 9.44. The standard InChI is InChI=1S/C56H65N3O5/c1-4-33(26-34-10-6-5-7-11-34)28-46-56-24-21-42(48(51(56)54(62)63-46)45-30-40(60)17-18-41(45)36-13-8-12-35(27-36)32-57-2)43-19-20-44-49(50(43)56)53(61)64-52(44)37-15-16-38-14-9-23-55(38,31-37)39-22-25-59-47(29-39)58-3/h5-8,10-13,17-18,27-28,30,33,38-39,42-43,47,50,57-60H,4,9,14-16,19-26,29,31-32H2,1-3H3. The van der Waals surface area contributed by atoms with Gasteiger partial charge in [0.05, 0.1) is 17.2 Å². The van der Waals surface area contributed by atoms with E-state index < -0.39 is 5.41 Å². The first-order valence-corrected chi connectivity index (χ1v) is 24.6. The molecule has 3 saturated carbocycles. The van der Waals surface area contributed by atoms with Crippen LogP contribution in [0.15, 0.2) is 113 Å². The number of carbonyl (C=O) groups is 2. The summed E-state index contributed by atoms with van der Waals surface area (Å²) in [4.78, 5) is 30.0. The van der Waals surface area contributed by atoms with Crippen molar-refractivity contribution in [3.63, 3.8) is 0 Å². The van der Waals surface area contributed by atoms with Crippen molar-refractivity contribution in [2.45, 2.75) is 110 Å². The minimum Gasteiger partial charge on any atom is -0.508 e. The minimum atomic E-state index is -0.825. The number of cyclic esters (lactones) is 2. The fourth-order valence-corrected chi connectivity index (χ4v) is 15.0. The van der Waals surface area contributed by atoms with Crippen molar-refractivity contribution < 1.29 is 24.2 Å². The monoisotopic (exact) mass is 859 g/mol. The maximum Gasteiger partial charge on any atom is 0.340 e. The number of aromatic hydroxyl groups is 1. The van der Waals surface area contributed by atoms with E-state index in [1.54, 1.807) is 6.07 Å². The number of esters is 2. The molecule has 2 bridgehead atoms. The normalized spacial score (nSPS) is 34.1. The molecule has 0 aromatic heterocycles. The highest BCUT2D eigenvalue weighted by molar-refractivity contribution is 6.07. The molecule has 0 amide bonds. The summed E-state index contributed by atoms with van der Waals surface area (Å²) < 4.78 is 13.4. The van der Waals surface area contributed by atoms with Gasteiger partial charge in [-0.3, -0.25) is 0 Å². The highest BCUT2D eigenvalue weighted by Gasteiger charge is 2.69. The number of piperidine rings is 1. The summed E-state index contributed by atoms with van der Waals surface area (Å²) >= 11 is 0. The number of carbonyl (C=O) groups excluding carboxylic acids is 2. The number of phenolic OH excluding ortho intramolecular Hbond substituents is 1. The molecule has 9 aliphatic rings. The number of allylic oxidation sites excluding steroid dienone is 5. The fourth-order valence-electron chi connectivity index (χ4n) is 15.0. The summed E-state index contributed by atoms with van der Waals surface area (Å²) in [5, 5.41) is 21.8. The van der Waals surface area contributed by atoms with Gasteiger partial charge in [0.15, 0.2) is 0 Å². The van der Waals surface area contributed by atoms with Gasteiger partial charge in [0.1, 0.15) is 17.3 Å². The predicted molar refractivity (Wildman–Crippen MR) is 250 cm³/mol. The molecule has 8 nitrogen and oxygen atoms in total. The molecule has 3 aromatic carbocycles. The van der Waals surface area contributed by atoms with E-state index in [1.165, 1.54) is 43.2 Å². The SMILES string of the molecule is CCC(C=C1OC(=O)C2=C(c3cc(O)ccc3-c3cccc(CNC)c3)C3CCC12C1C2=C(CCC31)C(=C1CCC3CCCC3(C3CCNC(NC)C3)C1)OC2=O)Cc1ccccc1. The van der Waals surface area contributed by atoms with Crippen molar-refractivity contribution in [3.8, 4) is 16.9 Å². The zero-order valence-electron chi connectivity index (χ0n) is 37.9. The second-order valence-electron chi connectivity index (χ2n) is 20.6. The van der Waals surface area contributed by atoms with E-state index in [0.717, 1.165) is 127 Å². The Hall–Kier alpha value is -4.76. The average molecular weight is 860 g/mol. The van der Waals surface area contributed by atoms with E-state index in [1.807, 2.05) is 19.2 Å². The maximum atomic E-state index is 15.0. The fraction of sp³-hybridized carbons (Fsp3) is 0.500. The summed E-state index contributed by atoms with van der Waals surface area (Å²) in [6.07, 6.45) is 17.0. The molecule has 0 radical (unpaired) electrons. The molecule has 3 heterocycles. The molecule has 8 heteroatoms. The Morgan fingerprint density at radius 1 is 0.859 bits per heavy atom. The summed E-state index contributed by atoms with van der Waals surface area (Å²) in [6, 6.07) is 24.8. The quantitative estimate of drug-likeness (QED) is 0.149. The summed E-state index contributed by atoms with van der Waals surface area (Å²) in [5.74, 6) is 2.64. The van der Waals surface area contributed by atoms with Gasteiger partial charge in [0.25, 0.3) is 0 Å². The van der Waals surface area contributed by atoms with Crippen molar-refractivity contribution >= 4 is 17.5 Å². The molecule has 9 unspecified atom stereocenters. The second kappa shape index (κ2) is 16.6. The van der Waals surface area contributed by atoms with Crippen LogP contribution in [0.1, 0.15) is 107 Å². The summed E-state index contributed by atoms with van der Waals surface area (Å²) in [7, 11) is 4.03. The van der Waals surface area contributed by atoms with Gasteiger partial charge in [0, 0.05) is 23.6 Å². The van der Waals surface area contributed by atoms with Gasteiger partial charge >= 0.3 is 11.9 Å². The first kappa shape index (κ1) is 41.9. The van der Waals surface area contributed by atoms with E-state index >= 15 is 4.79 Å². The van der Waals surface area contributed by atoms with Crippen LogP contribution in [0.5, 0.6) is 5.75 Å². The number of hydrogen-bond donors (Lipinski definition) is 4. The highest BCUT2D eigenvalue weighted by Crippen LogP contribution is 2.72. The largest absolute Gasteiger partial charge is 0.508 e. The first-order chi connectivity index (χ1) is 31.3. The number of phenols is 1. The van der Waals surface area contributed by atoms with Gasteiger partial charge < -0.3 is 30.5 Å². The van der Waals surface area contributed by atoms with Gasteiger partial charge in [-0.15, -0.1) is 0 Å². The lowest BCUT2D eigenvalue weighted by Crippen LogP contribution is -2.52. The van der Waals surface area contributed by atoms with Gasteiger partial charge in [-0.25, -0.2) is 9.59 Å². The van der Waals surface area contributed by atoms with Gasteiger partial charge in [-0.2, -0.15) is 0 Å². The topological polar surface area (TPSA) is 109 Å². The van der Waals surface area contributed by atoms with E-state index in [2.05, 4.69) is 90.6 Å². The van der Waals surface area contributed by atoms with Crippen LogP contribution in [0.4, 0.5) is 0 Å². The Bertz CT molecular complexity index is 2500. The van der Waals surface area contributed by atoms with E-state index in [9.17, 15) is 9.90 Å². The van der Waals surface area contributed by atoms with Crippen LogP contribution < -0.4 is 16.0 Å². The van der Waals surface area contributed by atoms with Crippen LogP contribution in [0.2, 0.25) is 0 Å². The Morgan fingerprint density at radius 2 is 1.72 bits per heavy atom. The minimum absolute atomic E-state index is 0.0110. The van der Waals surface area contributed by atoms with Gasteiger partial charge in [-0.1, -0.05) is 67.9 Å². The predicted octanol–water partition coefficient (Wildman–Crippen LogP) is 10.3. The highest BCUT2D eigenvalue weighted by atomic mass is 16.6.